The minimum Gasteiger partial charge on any atom is -0.287 e. The lowest BCUT2D eigenvalue weighted by atomic mass is 10.1. The Hall–Kier alpha value is -1.08. The minimum atomic E-state index is -0.577. The molecule has 1 heterocycles. The van der Waals surface area contributed by atoms with Crippen LogP contribution in [0.1, 0.15) is 16.1 Å². The van der Waals surface area contributed by atoms with Gasteiger partial charge < -0.3 is 0 Å². The zero-order valence-electron chi connectivity index (χ0n) is 8.62. The molecule has 0 spiro atoms. The number of hydrogen-bond acceptors (Lipinski definition) is 3. The molecule has 0 bridgehead atoms. The fraction of sp³-hybridized carbons (Fsp3) is 0.100. The third-order valence-electron chi connectivity index (χ3n) is 2.17. The zero-order chi connectivity index (χ0) is 12.6. The molecule has 1 aromatic carbocycles. The number of aromatic nitrogens is 3. The van der Waals surface area contributed by atoms with Gasteiger partial charge >= 0.3 is 0 Å². The molecule has 17 heavy (non-hydrogen) atoms. The number of carbonyl (C=O) groups is 1. The summed E-state index contributed by atoms with van der Waals surface area (Å²) in [5, 5.41) is 7.37. The molecule has 4 nitrogen and oxygen atoms in total. The normalized spacial score (nSPS) is 10.6. The Balaban J connectivity index is 2.55. The van der Waals surface area contributed by atoms with Crippen molar-refractivity contribution in [2.75, 3.05) is 0 Å². The SMILES string of the molecule is Cn1nnc(Br)c1C(=O)c1cc(Br)ccc1F. The van der Waals surface area contributed by atoms with Gasteiger partial charge in [-0.05, 0) is 34.1 Å². The fourth-order valence-corrected chi connectivity index (χ4v) is 2.24. The number of benzene rings is 1. The summed E-state index contributed by atoms with van der Waals surface area (Å²) in [7, 11) is 1.57. The standard InChI is InChI=1S/C10H6Br2FN3O/c1-16-8(10(12)14-15-16)9(17)6-4-5(11)2-3-7(6)13/h2-4H,1H3. The molecule has 0 fully saturated rings. The number of rotatable bonds is 2. The summed E-state index contributed by atoms with van der Waals surface area (Å²) >= 11 is 6.30. The molecule has 0 saturated carbocycles. The van der Waals surface area contributed by atoms with Gasteiger partial charge in [-0.2, -0.15) is 0 Å². The number of hydrogen-bond donors (Lipinski definition) is 0. The average molecular weight is 363 g/mol. The highest BCUT2D eigenvalue weighted by Crippen LogP contribution is 2.21. The second-order valence-corrected chi connectivity index (χ2v) is 4.97. The molecule has 2 rings (SSSR count). The van der Waals surface area contributed by atoms with E-state index >= 15 is 0 Å². The first-order valence-electron chi connectivity index (χ1n) is 4.55. The molecule has 0 atom stereocenters. The maximum absolute atomic E-state index is 13.6. The molecule has 0 saturated heterocycles. The fourth-order valence-electron chi connectivity index (χ4n) is 1.37. The van der Waals surface area contributed by atoms with Crippen molar-refractivity contribution < 1.29 is 9.18 Å². The molecule has 1 aromatic heterocycles. The molecule has 88 valence electrons. The smallest absolute Gasteiger partial charge is 0.216 e. The van der Waals surface area contributed by atoms with Gasteiger partial charge in [0.15, 0.2) is 4.60 Å². The average Bonchev–Trinajstić information content (AvgIpc) is 2.61. The Morgan fingerprint density at radius 2 is 2.12 bits per heavy atom. The van der Waals surface area contributed by atoms with E-state index in [9.17, 15) is 9.18 Å². The Morgan fingerprint density at radius 1 is 1.41 bits per heavy atom. The molecular weight excluding hydrogens is 357 g/mol. The lowest BCUT2D eigenvalue weighted by molar-refractivity contribution is 0.102. The van der Waals surface area contributed by atoms with E-state index in [1.165, 1.54) is 22.9 Å². The second-order valence-electron chi connectivity index (χ2n) is 3.31. The van der Waals surface area contributed by atoms with Gasteiger partial charge in [0.25, 0.3) is 0 Å². The van der Waals surface area contributed by atoms with Crippen LogP contribution in [-0.2, 0) is 7.05 Å². The van der Waals surface area contributed by atoms with E-state index in [1.807, 2.05) is 0 Å². The number of halogens is 3. The van der Waals surface area contributed by atoms with Gasteiger partial charge in [-0.25, -0.2) is 9.07 Å². The predicted octanol–water partition coefficient (Wildman–Crippen LogP) is 2.71. The third kappa shape index (κ3) is 2.30. The van der Waals surface area contributed by atoms with Crippen molar-refractivity contribution in [2.45, 2.75) is 0 Å². The van der Waals surface area contributed by atoms with Crippen LogP contribution in [0, 0.1) is 5.82 Å². The topological polar surface area (TPSA) is 47.8 Å². The molecule has 0 aliphatic heterocycles. The molecule has 2 aromatic rings. The van der Waals surface area contributed by atoms with Crippen LogP contribution < -0.4 is 0 Å². The van der Waals surface area contributed by atoms with Crippen LogP contribution >= 0.6 is 31.9 Å². The van der Waals surface area contributed by atoms with Crippen LogP contribution in [0.15, 0.2) is 27.3 Å². The first-order valence-corrected chi connectivity index (χ1v) is 6.14. The summed E-state index contributed by atoms with van der Waals surface area (Å²) in [4.78, 5) is 12.1. The third-order valence-corrected chi connectivity index (χ3v) is 3.20. The van der Waals surface area contributed by atoms with Crippen LogP contribution in [0.5, 0.6) is 0 Å². The maximum atomic E-state index is 13.6. The summed E-state index contributed by atoms with van der Waals surface area (Å²) in [6, 6.07) is 4.19. The number of aryl methyl sites for hydroxylation is 1. The summed E-state index contributed by atoms with van der Waals surface area (Å²) in [5.74, 6) is -1.05. The molecule has 0 radical (unpaired) electrons. The highest BCUT2D eigenvalue weighted by Gasteiger charge is 2.21. The van der Waals surface area contributed by atoms with Crippen LogP contribution in [0.3, 0.4) is 0 Å². The summed E-state index contributed by atoms with van der Waals surface area (Å²) in [5.41, 5.74) is 0.187. The van der Waals surface area contributed by atoms with E-state index in [1.54, 1.807) is 7.05 Å². The Kier molecular flexibility index (Phi) is 3.39. The quantitative estimate of drug-likeness (QED) is 0.772. The van der Waals surface area contributed by atoms with Crippen LogP contribution in [0.25, 0.3) is 0 Å². The van der Waals surface area contributed by atoms with Crippen LogP contribution in [-0.4, -0.2) is 20.8 Å². The van der Waals surface area contributed by atoms with Crippen molar-refractivity contribution in [3.8, 4) is 0 Å². The lowest BCUT2D eigenvalue weighted by Crippen LogP contribution is -2.10. The molecule has 0 unspecified atom stereocenters. The van der Waals surface area contributed by atoms with Gasteiger partial charge in [-0.3, -0.25) is 4.79 Å². The molecule has 0 aliphatic rings. The number of nitrogens with zero attached hydrogens (tertiary/aromatic N) is 3. The zero-order valence-corrected chi connectivity index (χ0v) is 11.8. The first kappa shape index (κ1) is 12.4. The lowest BCUT2D eigenvalue weighted by Gasteiger charge is -2.03. The Labute approximate surface area is 113 Å². The van der Waals surface area contributed by atoms with E-state index in [0.717, 1.165) is 0 Å². The summed E-state index contributed by atoms with van der Waals surface area (Å²) in [6.45, 7) is 0. The molecular formula is C10H6Br2FN3O. The van der Waals surface area contributed by atoms with Crippen LogP contribution in [0.4, 0.5) is 4.39 Å². The minimum absolute atomic E-state index is 0.0227. The molecule has 7 heteroatoms. The second kappa shape index (κ2) is 4.66. The van der Waals surface area contributed by atoms with Gasteiger partial charge in [0.05, 0.1) is 5.56 Å². The van der Waals surface area contributed by atoms with Crippen LogP contribution in [0.2, 0.25) is 0 Å². The first-order chi connectivity index (χ1) is 8.00. The van der Waals surface area contributed by atoms with E-state index in [4.69, 9.17) is 0 Å². The van der Waals surface area contributed by atoms with Gasteiger partial charge in [0.1, 0.15) is 11.5 Å². The summed E-state index contributed by atoms with van der Waals surface area (Å²) < 4.78 is 15.8. The van der Waals surface area contributed by atoms with Crippen molar-refractivity contribution in [2.24, 2.45) is 7.05 Å². The predicted molar refractivity (Wildman–Crippen MR) is 66.2 cm³/mol. The Morgan fingerprint density at radius 3 is 2.71 bits per heavy atom. The largest absolute Gasteiger partial charge is 0.287 e. The van der Waals surface area contributed by atoms with Gasteiger partial charge in [-0.15, -0.1) is 5.10 Å². The van der Waals surface area contributed by atoms with E-state index in [2.05, 4.69) is 42.2 Å². The number of ketones is 1. The Bertz CT molecular complexity index is 578. The highest BCUT2D eigenvalue weighted by molar-refractivity contribution is 9.10. The van der Waals surface area contributed by atoms with E-state index in [0.29, 0.717) is 9.08 Å². The van der Waals surface area contributed by atoms with E-state index in [-0.39, 0.29) is 11.3 Å². The monoisotopic (exact) mass is 361 g/mol. The van der Waals surface area contributed by atoms with Crippen molar-refractivity contribution in [3.63, 3.8) is 0 Å². The van der Waals surface area contributed by atoms with Gasteiger partial charge in [-0.1, -0.05) is 21.1 Å². The van der Waals surface area contributed by atoms with Crippen molar-refractivity contribution >= 4 is 37.6 Å². The van der Waals surface area contributed by atoms with E-state index < -0.39 is 11.6 Å². The number of carbonyl (C=O) groups excluding carboxylic acids is 1. The summed E-state index contributed by atoms with van der Waals surface area (Å²) in [6.07, 6.45) is 0. The highest BCUT2D eigenvalue weighted by atomic mass is 79.9. The molecule has 0 amide bonds. The molecule has 0 N–H and O–H groups in total. The van der Waals surface area contributed by atoms with Crippen molar-refractivity contribution in [1.82, 2.24) is 15.0 Å². The van der Waals surface area contributed by atoms with Gasteiger partial charge in [0.2, 0.25) is 5.78 Å². The van der Waals surface area contributed by atoms with Crippen molar-refractivity contribution in [3.05, 3.63) is 44.3 Å². The maximum Gasteiger partial charge on any atom is 0.216 e. The van der Waals surface area contributed by atoms with Crippen molar-refractivity contribution in [1.29, 1.82) is 0 Å². The van der Waals surface area contributed by atoms with Gasteiger partial charge in [0, 0.05) is 11.5 Å². The molecule has 0 aliphatic carbocycles.